The number of carbonyl (C=O) groups is 2. The molecule has 0 spiro atoms. The summed E-state index contributed by atoms with van der Waals surface area (Å²) in [5, 5.41) is 8.14. The van der Waals surface area contributed by atoms with Crippen molar-refractivity contribution in [2.24, 2.45) is 0 Å². The zero-order valence-electron chi connectivity index (χ0n) is 21.0. The Labute approximate surface area is 215 Å². The third-order valence-electron chi connectivity index (χ3n) is 6.82. The first kappa shape index (κ1) is 24.8. The Hall–Kier alpha value is -3.85. The number of pyridine rings is 1. The molecule has 8 nitrogen and oxygen atoms in total. The number of aromatic nitrogens is 3. The lowest BCUT2D eigenvalue weighted by Crippen LogP contribution is -2.15. The minimum atomic E-state index is -3.15. The van der Waals surface area contributed by atoms with E-state index in [-0.39, 0.29) is 29.2 Å². The number of Topliss-reactive ketones (excluding diaryl/α,β-unsaturated/α-hetero) is 1. The number of carbonyl (C=O) groups excluding carboxylic acids is 2. The van der Waals surface area contributed by atoms with Crippen molar-refractivity contribution >= 4 is 38.2 Å². The monoisotopic (exact) mass is 516 g/mol. The topological polar surface area (TPSA) is 111 Å². The minimum absolute atomic E-state index is 0.000305. The largest absolute Gasteiger partial charge is 0.322 e. The van der Waals surface area contributed by atoms with Crippen LogP contribution in [0.3, 0.4) is 0 Å². The van der Waals surface area contributed by atoms with Gasteiger partial charge in [-0.2, -0.15) is 5.10 Å². The van der Waals surface area contributed by atoms with E-state index >= 15 is 0 Å². The Morgan fingerprint density at radius 2 is 1.86 bits per heavy atom. The molecule has 0 bridgehead atoms. The summed E-state index contributed by atoms with van der Waals surface area (Å²) in [6.07, 6.45) is 1.36. The van der Waals surface area contributed by atoms with Gasteiger partial charge in [-0.1, -0.05) is 43.3 Å². The van der Waals surface area contributed by atoms with Gasteiger partial charge in [0.1, 0.15) is 0 Å². The molecule has 37 heavy (non-hydrogen) atoms. The Morgan fingerprint density at radius 1 is 1.11 bits per heavy atom. The number of benzene rings is 2. The van der Waals surface area contributed by atoms with Gasteiger partial charge in [-0.05, 0) is 50.5 Å². The van der Waals surface area contributed by atoms with Crippen LogP contribution in [0.2, 0.25) is 0 Å². The van der Waals surface area contributed by atoms with E-state index in [0.717, 1.165) is 12.0 Å². The van der Waals surface area contributed by atoms with Gasteiger partial charge in [0.2, 0.25) is 0 Å². The molecular weight excluding hydrogens is 488 g/mol. The molecular formula is C28H28N4O4S. The second kappa shape index (κ2) is 9.55. The average molecular weight is 517 g/mol. The van der Waals surface area contributed by atoms with Gasteiger partial charge in [-0.15, -0.1) is 0 Å². The Balaban J connectivity index is 1.65. The number of rotatable bonds is 6. The summed E-state index contributed by atoms with van der Waals surface area (Å²) < 4.78 is 26.1. The number of fused-ring (bicyclic) bond motifs is 1. The number of anilines is 1. The van der Waals surface area contributed by atoms with Gasteiger partial charge in [0.25, 0.3) is 5.91 Å². The molecule has 1 aliphatic rings. The Bertz CT molecular complexity index is 1640. The molecule has 1 amide bonds. The summed E-state index contributed by atoms with van der Waals surface area (Å²) in [4.78, 5) is 30.3. The van der Waals surface area contributed by atoms with Gasteiger partial charge in [-0.25, -0.2) is 18.1 Å². The third kappa shape index (κ3) is 4.91. The average Bonchev–Trinajstić information content (AvgIpc) is 3.42. The Morgan fingerprint density at radius 3 is 2.51 bits per heavy atom. The molecule has 190 valence electrons. The maximum Gasteiger partial charge on any atom is 0.256 e. The van der Waals surface area contributed by atoms with E-state index in [0.29, 0.717) is 45.7 Å². The van der Waals surface area contributed by atoms with Crippen molar-refractivity contribution in [2.75, 3.05) is 16.8 Å². The summed E-state index contributed by atoms with van der Waals surface area (Å²) in [7, 11) is -3.15. The van der Waals surface area contributed by atoms with Crippen LogP contribution in [-0.4, -0.2) is 46.4 Å². The van der Waals surface area contributed by atoms with Gasteiger partial charge < -0.3 is 5.32 Å². The minimum Gasteiger partial charge on any atom is -0.322 e. The van der Waals surface area contributed by atoms with Crippen molar-refractivity contribution in [2.45, 2.75) is 39.7 Å². The molecule has 5 rings (SSSR count). The highest BCUT2D eigenvalue weighted by Crippen LogP contribution is 2.32. The fraction of sp³-hybridized carbons (Fsp3) is 0.286. The maximum atomic E-state index is 13.6. The number of nitrogens with zero attached hydrogens (tertiary/aromatic N) is 3. The number of amides is 1. The quantitative estimate of drug-likeness (QED) is 0.369. The molecule has 3 heterocycles. The summed E-state index contributed by atoms with van der Waals surface area (Å²) in [6, 6.07) is 16.2. The standard InChI is InChI=1S/C28H28N4O4S/c1-4-19-8-10-20(11-9-19)25-15-24(28(34)29-22-7-5-6-21(14-22)18(3)33)26-17(2)31-32(27(26)30-25)23-12-13-37(35,36)16-23/h5-11,14-15,23H,4,12-13,16H2,1-3H3,(H,29,34). The smallest absolute Gasteiger partial charge is 0.256 e. The summed E-state index contributed by atoms with van der Waals surface area (Å²) >= 11 is 0. The lowest BCUT2D eigenvalue weighted by atomic mass is 10.0. The van der Waals surface area contributed by atoms with Gasteiger partial charge in [-0.3, -0.25) is 9.59 Å². The summed E-state index contributed by atoms with van der Waals surface area (Å²) in [5.41, 5.74) is 5.10. The third-order valence-corrected chi connectivity index (χ3v) is 8.57. The van der Waals surface area contributed by atoms with E-state index in [9.17, 15) is 18.0 Å². The van der Waals surface area contributed by atoms with Gasteiger partial charge in [0.15, 0.2) is 21.3 Å². The van der Waals surface area contributed by atoms with Crippen LogP contribution in [0.1, 0.15) is 58.3 Å². The van der Waals surface area contributed by atoms with Crippen LogP contribution in [0, 0.1) is 6.92 Å². The van der Waals surface area contributed by atoms with Gasteiger partial charge >= 0.3 is 0 Å². The van der Waals surface area contributed by atoms with Crippen molar-refractivity contribution in [1.29, 1.82) is 0 Å². The van der Waals surface area contributed by atoms with Crippen molar-refractivity contribution in [3.63, 3.8) is 0 Å². The van der Waals surface area contributed by atoms with Crippen molar-refractivity contribution in [1.82, 2.24) is 14.8 Å². The van der Waals surface area contributed by atoms with Crippen molar-refractivity contribution in [3.8, 4) is 11.3 Å². The van der Waals surface area contributed by atoms with Crippen LogP contribution in [0.5, 0.6) is 0 Å². The van der Waals surface area contributed by atoms with E-state index in [1.54, 1.807) is 41.9 Å². The molecule has 1 fully saturated rings. The molecule has 1 aliphatic heterocycles. The van der Waals surface area contributed by atoms with Crippen LogP contribution in [-0.2, 0) is 16.3 Å². The molecule has 1 N–H and O–H groups in total. The molecule has 2 aromatic heterocycles. The lowest BCUT2D eigenvalue weighted by molar-refractivity contribution is 0.101. The van der Waals surface area contributed by atoms with Crippen LogP contribution in [0.15, 0.2) is 54.6 Å². The van der Waals surface area contributed by atoms with Gasteiger partial charge in [0.05, 0.1) is 39.9 Å². The SMILES string of the molecule is CCc1ccc(-c2cc(C(=O)Nc3cccc(C(C)=O)c3)c3c(C)nn(C4CCS(=O)(=O)C4)c3n2)cc1. The highest BCUT2D eigenvalue weighted by Gasteiger charge is 2.32. The number of sulfone groups is 1. The van der Waals surface area contributed by atoms with E-state index in [4.69, 9.17) is 4.98 Å². The van der Waals surface area contributed by atoms with Crippen molar-refractivity contribution < 1.29 is 18.0 Å². The maximum absolute atomic E-state index is 13.6. The molecule has 1 saturated heterocycles. The van der Waals surface area contributed by atoms with Crippen LogP contribution < -0.4 is 5.32 Å². The zero-order valence-corrected chi connectivity index (χ0v) is 21.8. The molecule has 4 aromatic rings. The first-order valence-corrected chi connectivity index (χ1v) is 14.1. The molecule has 9 heteroatoms. The van der Waals surface area contributed by atoms with Crippen LogP contribution in [0.4, 0.5) is 5.69 Å². The number of ketones is 1. The number of nitrogens with one attached hydrogen (secondary N) is 1. The van der Waals surface area contributed by atoms with E-state index in [2.05, 4.69) is 17.3 Å². The molecule has 0 aliphatic carbocycles. The number of hydrogen-bond donors (Lipinski definition) is 1. The van der Waals surface area contributed by atoms with E-state index in [1.165, 1.54) is 12.5 Å². The number of aryl methyl sites for hydroxylation is 2. The predicted molar refractivity (Wildman–Crippen MR) is 144 cm³/mol. The summed E-state index contributed by atoms with van der Waals surface area (Å²) in [6.45, 7) is 5.36. The van der Waals surface area contributed by atoms with Crippen molar-refractivity contribution in [3.05, 3.63) is 77.0 Å². The highest BCUT2D eigenvalue weighted by atomic mass is 32.2. The number of hydrogen-bond acceptors (Lipinski definition) is 6. The predicted octanol–water partition coefficient (Wildman–Crippen LogP) is 4.78. The molecule has 2 aromatic carbocycles. The van der Waals surface area contributed by atoms with Gasteiger partial charge in [0, 0.05) is 16.8 Å². The summed E-state index contributed by atoms with van der Waals surface area (Å²) in [5.74, 6) is -0.347. The van der Waals surface area contributed by atoms with Crippen LogP contribution in [0.25, 0.3) is 22.3 Å². The normalized spacial score (nSPS) is 16.7. The van der Waals surface area contributed by atoms with E-state index in [1.807, 2.05) is 24.3 Å². The Kier molecular flexibility index (Phi) is 6.41. The molecule has 0 radical (unpaired) electrons. The first-order chi connectivity index (χ1) is 17.6. The fourth-order valence-electron chi connectivity index (χ4n) is 4.79. The van der Waals surface area contributed by atoms with Crippen LogP contribution >= 0.6 is 0 Å². The first-order valence-electron chi connectivity index (χ1n) is 12.3. The highest BCUT2D eigenvalue weighted by molar-refractivity contribution is 7.91. The molecule has 1 atom stereocenters. The fourth-order valence-corrected chi connectivity index (χ4v) is 6.48. The lowest BCUT2D eigenvalue weighted by Gasteiger charge is -2.13. The molecule has 0 saturated carbocycles. The zero-order chi connectivity index (χ0) is 26.3. The van der Waals surface area contributed by atoms with E-state index < -0.39 is 9.84 Å². The second-order valence-corrected chi connectivity index (χ2v) is 11.7. The molecule has 1 unspecified atom stereocenters. The second-order valence-electron chi connectivity index (χ2n) is 9.48.